The number of methoxy groups -OCH3 is 2. The molecular formula is C19H27ClN2O3. The van der Waals surface area contributed by atoms with E-state index in [1.165, 1.54) is 12.8 Å². The first-order valence-corrected chi connectivity index (χ1v) is 9.53. The molecule has 0 spiro atoms. The average molecular weight is 367 g/mol. The molecule has 5 nitrogen and oxygen atoms in total. The summed E-state index contributed by atoms with van der Waals surface area (Å²) >= 11 is 6.26. The van der Waals surface area contributed by atoms with E-state index in [-0.39, 0.29) is 0 Å². The van der Waals surface area contributed by atoms with E-state index in [0.717, 1.165) is 56.6 Å². The zero-order valence-corrected chi connectivity index (χ0v) is 15.8. The molecule has 0 radical (unpaired) electrons. The van der Waals surface area contributed by atoms with Crippen LogP contribution < -0.4 is 9.47 Å². The van der Waals surface area contributed by atoms with Crippen LogP contribution in [0.4, 0.5) is 0 Å². The lowest BCUT2D eigenvalue weighted by atomic mass is 10.0. The molecule has 1 aromatic rings. The molecular weight excluding hydrogens is 340 g/mol. The number of nitrogens with zero attached hydrogens (tertiary/aromatic N) is 2. The van der Waals surface area contributed by atoms with Crippen molar-refractivity contribution in [2.24, 2.45) is 5.92 Å². The standard InChI is InChI=1S/C19H27ClN2O3/c1-23-18-8-15(20)7-14(19(18)24-2)9-21-5-6-22-16(10-21)11-25-12-17(22)13-3-4-13/h7-8,13,16-17H,3-6,9-12H2,1-2H3/t16-,17-/m1/s1. The Hall–Kier alpha value is -1.01. The fraction of sp³-hybridized carbons (Fsp3) is 0.684. The molecule has 0 aromatic heterocycles. The largest absolute Gasteiger partial charge is 0.493 e. The number of piperazine rings is 1. The first-order valence-electron chi connectivity index (χ1n) is 9.16. The quantitative estimate of drug-likeness (QED) is 0.800. The fourth-order valence-electron chi connectivity index (χ4n) is 4.34. The summed E-state index contributed by atoms with van der Waals surface area (Å²) in [6.07, 6.45) is 2.75. The number of benzene rings is 1. The maximum absolute atomic E-state index is 6.26. The minimum atomic E-state index is 0.500. The monoisotopic (exact) mass is 366 g/mol. The van der Waals surface area contributed by atoms with Crippen molar-refractivity contribution < 1.29 is 14.2 Å². The number of fused-ring (bicyclic) bond motifs is 1. The van der Waals surface area contributed by atoms with Crippen LogP contribution in [0.15, 0.2) is 12.1 Å². The molecule has 25 heavy (non-hydrogen) atoms. The molecule has 3 fully saturated rings. The molecule has 0 bridgehead atoms. The molecule has 0 unspecified atom stereocenters. The maximum Gasteiger partial charge on any atom is 0.165 e. The molecule has 1 saturated carbocycles. The minimum Gasteiger partial charge on any atom is -0.493 e. The van der Waals surface area contributed by atoms with Gasteiger partial charge in [-0.1, -0.05) is 11.6 Å². The van der Waals surface area contributed by atoms with E-state index in [2.05, 4.69) is 9.80 Å². The van der Waals surface area contributed by atoms with Crippen LogP contribution in [0.5, 0.6) is 11.5 Å². The highest BCUT2D eigenvalue weighted by molar-refractivity contribution is 6.30. The second kappa shape index (κ2) is 7.31. The summed E-state index contributed by atoms with van der Waals surface area (Å²) in [5.74, 6) is 2.34. The van der Waals surface area contributed by atoms with Crippen molar-refractivity contribution in [1.82, 2.24) is 9.80 Å². The van der Waals surface area contributed by atoms with Gasteiger partial charge in [0.1, 0.15) is 0 Å². The van der Waals surface area contributed by atoms with Crippen molar-refractivity contribution in [3.05, 3.63) is 22.7 Å². The number of hydrogen-bond acceptors (Lipinski definition) is 5. The van der Waals surface area contributed by atoms with Gasteiger partial charge in [-0.25, -0.2) is 0 Å². The number of morpholine rings is 1. The van der Waals surface area contributed by atoms with Gasteiger partial charge in [-0.15, -0.1) is 0 Å². The molecule has 2 atom stereocenters. The summed E-state index contributed by atoms with van der Waals surface area (Å²) in [5, 5.41) is 0.682. The van der Waals surface area contributed by atoms with Crippen LogP contribution in [-0.2, 0) is 11.3 Å². The summed E-state index contributed by atoms with van der Waals surface area (Å²) < 4.78 is 16.9. The minimum absolute atomic E-state index is 0.500. The third kappa shape index (κ3) is 3.61. The summed E-state index contributed by atoms with van der Waals surface area (Å²) in [6.45, 7) is 5.79. The van der Waals surface area contributed by atoms with Gasteiger partial charge in [-0.05, 0) is 24.8 Å². The molecule has 0 amide bonds. The van der Waals surface area contributed by atoms with Crippen molar-refractivity contribution in [3.63, 3.8) is 0 Å². The maximum atomic E-state index is 6.26. The van der Waals surface area contributed by atoms with Gasteiger partial charge in [0.05, 0.1) is 27.4 Å². The van der Waals surface area contributed by atoms with Crippen LogP contribution in [0.3, 0.4) is 0 Å². The Morgan fingerprint density at radius 1 is 1.16 bits per heavy atom. The van der Waals surface area contributed by atoms with Gasteiger partial charge in [0.25, 0.3) is 0 Å². The van der Waals surface area contributed by atoms with Crippen molar-refractivity contribution in [3.8, 4) is 11.5 Å². The average Bonchev–Trinajstić information content (AvgIpc) is 3.45. The molecule has 2 aliphatic heterocycles. The van der Waals surface area contributed by atoms with Gasteiger partial charge in [0.2, 0.25) is 0 Å². The van der Waals surface area contributed by atoms with E-state index in [1.807, 2.05) is 6.07 Å². The lowest BCUT2D eigenvalue weighted by Gasteiger charge is -2.48. The predicted molar refractivity (Wildman–Crippen MR) is 97.7 cm³/mol. The lowest BCUT2D eigenvalue weighted by Crippen LogP contribution is -2.62. The topological polar surface area (TPSA) is 34.2 Å². The molecule has 2 saturated heterocycles. The Kier molecular flexibility index (Phi) is 5.09. The van der Waals surface area contributed by atoms with Crippen LogP contribution in [0.1, 0.15) is 18.4 Å². The van der Waals surface area contributed by atoms with E-state index in [0.29, 0.717) is 22.9 Å². The van der Waals surface area contributed by atoms with Crippen LogP contribution in [0, 0.1) is 5.92 Å². The van der Waals surface area contributed by atoms with Gasteiger partial charge in [0.15, 0.2) is 11.5 Å². The summed E-state index contributed by atoms with van der Waals surface area (Å²) in [6, 6.07) is 4.93. The van der Waals surface area contributed by atoms with Crippen LogP contribution in [0.25, 0.3) is 0 Å². The summed E-state index contributed by atoms with van der Waals surface area (Å²) in [4.78, 5) is 5.18. The number of rotatable bonds is 5. The highest BCUT2D eigenvalue weighted by Gasteiger charge is 2.42. The molecule has 1 aromatic carbocycles. The molecule has 0 N–H and O–H groups in total. The van der Waals surface area contributed by atoms with Crippen LogP contribution >= 0.6 is 11.6 Å². The Balaban J connectivity index is 1.47. The smallest absolute Gasteiger partial charge is 0.165 e. The molecule has 4 rings (SSSR count). The SMILES string of the molecule is COc1cc(Cl)cc(CN2CCN3[C@@H](COC[C@@H]3C3CC3)C2)c1OC. The predicted octanol–water partition coefficient (Wildman–Crippen LogP) is 2.65. The Morgan fingerprint density at radius 2 is 2.00 bits per heavy atom. The van der Waals surface area contributed by atoms with Crippen LogP contribution in [-0.4, -0.2) is 69.0 Å². The van der Waals surface area contributed by atoms with Crippen molar-refractivity contribution in [1.29, 1.82) is 0 Å². The third-order valence-corrected chi connectivity index (χ3v) is 5.94. The zero-order chi connectivity index (χ0) is 17.4. The molecule has 1 aliphatic carbocycles. The Bertz CT molecular complexity index is 623. The van der Waals surface area contributed by atoms with Gasteiger partial charge < -0.3 is 14.2 Å². The fourth-order valence-corrected chi connectivity index (χ4v) is 4.57. The van der Waals surface area contributed by atoms with Crippen LogP contribution in [0.2, 0.25) is 5.02 Å². The van der Waals surface area contributed by atoms with Gasteiger partial charge in [0, 0.05) is 54.9 Å². The number of hydrogen-bond donors (Lipinski definition) is 0. The molecule has 2 heterocycles. The van der Waals surface area contributed by atoms with E-state index >= 15 is 0 Å². The van der Waals surface area contributed by atoms with E-state index in [1.54, 1.807) is 20.3 Å². The van der Waals surface area contributed by atoms with E-state index in [4.69, 9.17) is 25.8 Å². The Labute approximate surface area is 154 Å². The third-order valence-electron chi connectivity index (χ3n) is 5.72. The highest BCUT2D eigenvalue weighted by atomic mass is 35.5. The van der Waals surface area contributed by atoms with E-state index in [9.17, 15) is 0 Å². The summed E-state index contributed by atoms with van der Waals surface area (Å²) in [7, 11) is 3.33. The first-order chi connectivity index (χ1) is 12.2. The van der Waals surface area contributed by atoms with Gasteiger partial charge in [-0.2, -0.15) is 0 Å². The second-order valence-electron chi connectivity index (χ2n) is 7.37. The molecule has 6 heteroatoms. The molecule has 138 valence electrons. The number of ether oxygens (including phenoxy) is 3. The van der Waals surface area contributed by atoms with Crippen molar-refractivity contribution in [2.45, 2.75) is 31.5 Å². The Morgan fingerprint density at radius 3 is 2.72 bits per heavy atom. The second-order valence-corrected chi connectivity index (χ2v) is 7.81. The summed E-state index contributed by atoms with van der Waals surface area (Å²) in [5.41, 5.74) is 1.08. The van der Waals surface area contributed by atoms with Crippen molar-refractivity contribution >= 4 is 11.6 Å². The van der Waals surface area contributed by atoms with Gasteiger partial charge in [-0.3, -0.25) is 9.80 Å². The zero-order valence-electron chi connectivity index (χ0n) is 15.0. The number of halogens is 1. The molecule has 3 aliphatic rings. The van der Waals surface area contributed by atoms with Crippen molar-refractivity contribution in [2.75, 3.05) is 47.1 Å². The normalized spacial score (nSPS) is 27.8. The van der Waals surface area contributed by atoms with E-state index < -0.39 is 0 Å². The first kappa shape index (κ1) is 17.4. The highest BCUT2D eigenvalue weighted by Crippen LogP contribution is 2.39. The van der Waals surface area contributed by atoms with Gasteiger partial charge >= 0.3 is 0 Å². The lowest BCUT2D eigenvalue weighted by molar-refractivity contribution is -0.0880.